The molecule has 35 heavy (non-hydrogen) atoms. The van der Waals surface area contributed by atoms with Crippen LogP contribution in [0.3, 0.4) is 0 Å². The molecule has 1 aromatic carbocycles. The van der Waals surface area contributed by atoms with Crippen molar-refractivity contribution >= 4 is 17.2 Å². The van der Waals surface area contributed by atoms with Gasteiger partial charge in [-0.15, -0.1) is 0 Å². The summed E-state index contributed by atoms with van der Waals surface area (Å²) in [7, 11) is 2.00. The largest absolute Gasteiger partial charge is 0.489 e. The zero-order chi connectivity index (χ0) is 24.5. The summed E-state index contributed by atoms with van der Waals surface area (Å²) in [5, 5.41) is 10.5. The van der Waals surface area contributed by atoms with E-state index in [4.69, 9.17) is 9.72 Å². The van der Waals surface area contributed by atoms with E-state index in [9.17, 15) is 9.59 Å². The normalized spacial score (nSPS) is 20.0. The van der Waals surface area contributed by atoms with E-state index in [1.165, 1.54) is 35.2 Å². The molecule has 184 valence electrons. The Morgan fingerprint density at radius 2 is 1.97 bits per heavy atom. The number of likely N-dealkylation sites (N-methyl/N-ethyl adjacent to an activating group) is 1. The van der Waals surface area contributed by atoms with Gasteiger partial charge in [-0.3, -0.25) is 14.6 Å². The topological polar surface area (TPSA) is 100 Å². The van der Waals surface area contributed by atoms with Crippen LogP contribution in [0.4, 0.5) is 0 Å². The lowest BCUT2D eigenvalue weighted by molar-refractivity contribution is 0.0935. The van der Waals surface area contributed by atoms with Crippen molar-refractivity contribution < 1.29 is 9.53 Å². The number of amides is 1. The minimum absolute atomic E-state index is 0.00602. The quantitative estimate of drug-likeness (QED) is 0.547. The van der Waals surface area contributed by atoms with Gasteiger partial charge in [0, 0.05) is 36.0 Å². The molecule has 2 aromatic heterocycles. The molecule has 2 aliphatic rings. The Hall–Kier alpha value is -3.04. The van der Waals surface area contributed by atoms with Crippen molar-refractivity contribution in [3.05, 3.63) is 72.6 Å². The smallest absolute Gasteiger partial charge is 0.322 e. The third kappa shape index (κ3) is 5.01. The molecule has 1 saturated heterocycles. The molecule has 2 N–H and O–H groups in total. The van der Waals surface area contributed by atoms with Gasteiger partial charge in [-0.1, -0.05) is 11.3 Å². The molecule has 0 bridgehead atoms. The maximum absolute atomic E-state index is 13.0. The third-order valence-corrected chi connectivity index (χ3v) is 8.07. The Bertz CT molecular complexity index is 1280. The molecule has 0 spiro atoms. The number of rotatable bonds is 6. The first kappa shape index (κ1) is 23.7. The number of aryl methyl sites for hydroxylation is 2. The Balaban J connectivity index is 1.24. The highest BCUT2D eigenvalue weighted by Gasteiger charge is 2.35. The van der Waals surface area contributed by atoms with Gasteiger partial charge in [-0.2, -0.15) is 5.10 Å². The number of hydrogen-bond donors (Lipinski definition) is 2. The van der Waals surface area contributed by atoms with Crippen LogP contribution in [0.5, 0.6) is 5.75 Å². The van der Waals surface area contributed by atoms with Crippen LogP contribution in [0.15, 0.2) is 29.1 Å². The molecule has 0 unspecified atom stereocenters. The number of pyridine rings is 1. The maximum Gasteiger partial charge on any atom is 0.322 e. The van der Waals surface area contributed by atoms with E-state index in [-0.39, 0.29) is 22.7 Å². The number of H-pyrrole nitrogens is 1. The fourth-order valence-corrected chi connectivity index (χ4v) is 5.93. The van der Waals surface area contributed by atoms with Gasteiger partial charge in [-0.05, 0) is 87.5 Å². The van der Waals surface area contributed by atoms with Crippen LogP contribution in [0.25, 0.3) is 0 Å². The van der Waals surface area contributed by atoms with Gasteiger partial charge in [0.2, 0.25) is 0 Å². The lowest BCUT2D eigenvalue weighted by Crippen LogP contribution is -2.39. The summed E-state index contributed by atoms with van der Waals surface area (Å²) in [6.07, 6.45) is 4.51. The summed E-state index contributed by atoms with van der Waals surface area (Å²) >= 11 is 1.11. The number of nitrogens with one attached hydrogen (secondary N) is 2. The van der Waals surface area contributed by atoms with Gasteiger partial charge in [0.25, 0.3) is 5.91 Å². The lowest BCUT2D eigenvalue weighted by atomic mass is 9.89. The predicted molar refractivity (Wildman–Crippen MR) is 135 cm³/mol. The highest BCUT2D eigenvalue weighted by molar-refractivity contribution is 7.08. The number of nitrogens with zero attached hydrogens (tertiary/aromatic N) is 3. The molecule has 3 aromatic rings. The van der Waals surface area contributed by atoms with E-state index in [0.717, 1.165) is 47.2 Å². The summed E-state index contributed by atoms with van der Waals surface area (Å²) in [4.78, 5) is 31.3. The van der Waals surface area contributed by atoms with Gasteiger partial charge in [-0.25, -0.2) is 5.10 Å². The summed E-state index contributed by atoms with van der Waals surface area (Å²) in [6, 6.07) is 7.19. The van der Waals surface area contributed by atoms with Gasteiger partial charge in [0.05, 0.1) is 6.04 Å². The molecular weight excluding hydrogens is 462 g/mol. The van der Waals surface area contributed by atoms with E-state index in [2.05, 4.69) is 34.3 Å². The van der Waals surface area contributed by atoms with E-state index in [1.54, 1.807) is 12.1 Å². The highest BCUT2D eigenvalue weighted by Crippen LogP contribution is 2.29. The Morgan fingerprint density at radius 1 is 1.20 bits per heavy atom. The highest BCUT2D eigenvalue weighted by atomic mass is 32.1. The van der Waals surface area contributed by atoms with E-state index >= 15 is 0 Å². The second-order valence-corrected chi connectivity index (χ2v) is 10.6. The van der Waals surface area contributed by atoms with Crippen molar-refractivity contribution in [2.75, 3.05) is 20.1 Å². The molecule has 5 rings (SSSR count). The van der Waals surface area contributed by atoms with E-state index in [1.807, 2.05) is 19.2 Å². The van der Waals surface area contributed by atoms with Crippen LogP contribution < -0.4 is 14.9 Å². The number of fused-ring (bicyclic) bond motifs is 1. The van der Waals surface area contributed by atoms with Crippen LogP contribution >= 0.6 is 11.3 Å². The zero-order valence-corrected chi connectivity index (χ0v) is 21.2. The van der Waals surface area contributed by atoms with Crippen LogP contribution in [0.2, 0.25) is 0 Å². The number of aromatic nitrogens is 3. The van der Waals surface area contributed by atoms with Crippen LogP contribution in [0, 0.1) is 13.8 Å². The molecule has 1 amide bonds. The van der Waals surface area contributed by atoms with Gasteiger partial charge in [0.1, 0.15) is 17.4 Å². The average molecular weight is 494 g/mol. The average Bonchev–Trinajstić information content (AvgIpc) is 3.44. The number of benzene rings is 1. The minimum atomic E-state index is -0.173. The predicted octanol–water partition coefficient (Wildman–Crippen LogP) is 3.13. The summed E-state index contributed by atoms with van der Waals surface area (Å²) in [6.45, 7) is 6.15. The van der Waals surface area contributed by atoms with Gasteiger partial charge >= 0.3 is 4.87 Å². The Morgan fingerprint density at radius 3 is 2.71 bits per heavy atom. The SMILES string of the molecule is Cc1nc2c(c(COc3ccc(C(=O)N[C@@H]4CN(C)C[C@@H]4c4n[nH]c(=O)s4)cc3)c1C)CCCC2. The number of ether oxygens (including phenoxy) is 1. The van der Waals surface area contributed by atoms with Crippen LogP contribution in [-0.4, -0.2) is 52.2 Å². The molecule has 1 aliphatic carbocycles. The molecular formula is C26H31N5O3S. The van der Waals surface area contributed by atoms with Crippen LogP contribution in [-0.2, 0) is 19.4 Å². The monoisotopic (exact) mass is 493 g/mol. The first-order valence-corrected chi connectivity index (χ1v) is 13.0. The molecule has 3 heterocycles. The zero-order valence-electron chi connectivity index (χ0n) is 20.4. The van der Waals surface area contributed by atoms with Gasteiger partial charge in [0.15, 0.2) is 0 Å². The number of hydrogen-bond acceptors (Lipinski definition) is 7. The summed E-state index contributed by atoms with van der Waals surface area (Å²) in [5.41, 5.74) is 6.70. The number of carbonyl (C=O) groups is 1. The molecule has 8 nitrogen and oxygen atoms in total. The standard InChI is InChI=1S/C26H31N5O3S/c1-15-16(2)27-22-7-5-4-6-19(22)21(15)14-34-18-10-8-17(9-11-18)24(32)28-23-13-31(3)12-20(23)25-29-30-26(33)35-25/h8-11,20,23H,4-7,12-14H2,1-3H3,(H,28,32)(H,30,33)/t20-,23+/m0/s1. The second-order valence-electron chi connectivity index (χ2n) is 9.61. The van der Waals surface area contributed by atoms with Crippen molar-refractivity contribution in [3.63, 3.8) is 0 Å². The van der Waals surface area contributed by atoms with Crippen molar-refractivity contribution in [2.45, 2.75) is 58.1 Å². The summed E-state index contributed by atoms with van der Waals surface area (Å²) in [5.74, 6) is 0.590. The number of likely N-dealkylation sites (tertiary alicyclic amines) is 1. The van der Waals surface area contributed by atoms with Crippen molar-refractivity contribution in [1.29, 1.82) is 0 Å². The molecule has 2 atom stereocenters. The minimum Gasteiger partial charge on any atom is -0.489 e. The van der Waals surface area contributed by atoms with E-state index in [0.29, 0.717) is 18.7 Å². The lowest BCUT2D eigenvalue weighted by Gasteiger charge is -2.22. The first-order valence-electron chi connectivity index (χ1n) is 12.1. The van der Waals surface area contributed by atoms with Crippen molar-refractivity contribution in [3.8, 4) is 5.75 Å². The second kappa shape index (κ2) is 9.91. The summed E-state index contributed by atoms with van der Waals surface area (Å²) < 4.78 is 6.15. The maximum atomic E-state index is 13.0. The molecule has 0 radical (unpaired) electrons. The van der Waals surface area contributed by atoms with Crippen molar-refractivity contribution in [2.24, 2.45) is 0 Å². The molecule has 1 fully saturated rings. The first-order chi connectivity index (χ1) is 16.9. The van der Waals surface area contributed by atoms with Crippen molar-refractivity contribution in [1.82, 2.24) is 25.4 Å². The van der Waals surface area contributed by atoms with Crippen LogP contribution in [0.1, 0.15) is 62.2 Å². The molecule has 0 saturated carbocycles. The fourth-order valence-electron chi connectivity index (χ4n) is 5.17. The molecule has 1 aliphatic heterocycles. The van der Waals surface area contributed by atoms with Gasteiger partial charge < -0.3 is 15.0 Å². The number of aromatic amines is 1. The Labute approximate surface area is 208 Å². The third-order valence-electron chi connectivity index (χ3n) is 7.19. The molecule has 9 heteroatoms. The number of carbonyl (C=O) groups excluding carboxylic acids is 1. The fraction of sp³-hybridized carbons (Fsp3) is 0.462. The van der Waals surface area contributed by atoms with E-state index < -0.39 is 0 Å². The Kier molecular flexibility index (Phi) is 6.71.